The number of hydrogen-bond donors (Lipinski definition) is 1. The fraction of sp³-hybridized carbons (Fsp3) is 0.261. The Morgan fingerprint density at radius 3 is 2.41 bits per heavy atom. The lowest BCUT2D eigenvalue weighted by Gasteiger charge is -2.21. The van der Waals surface area contributed by atoms with Crippen molar-refractivity contribution in [2.45, 2.75) is 26.9 Å². The highest BCUT2D eigenvalue weighted by molar-refractivity contribution is 5.93. The predicted molar refractivity (Wildman–Crippen MR) is 114 cm³/mol. The van der Waals surface area contributed by atoms with Gasteiger partial charge < -0.3 is 15.0 Å². The molecular weight excluding hydrogens is 364 g/mol. The molecule has 2 aromatic carbocycles. The van der Waals surface area contributed by atoms with E-state index in [1.165, 1.54) is 0 Å². The average Bonchev–Trinajstić information content (AvgIpc) is 2.76. The van der Waals surface area contributed by atoms with Crippen molar-refractivity contribution in [1.82, 2.24) is 14.9 Å². The van der Waals surface area contributed by atoms with E-state index in [0.29, 0.717) is 37.0 Å². The number of hydrogen-bond acceptors (Lipinski definition) is 5. The van der Waals surface area contributed by atoms with E-state index in [1.54, 1.807) is 25.0 Å². The first-order valence-corrected chi connectivity index (χ1v) is 9.64. The smallest absolute Gasteiger partial charge is 0.272 e. The molecule has 1 N–H and O–H groups in total. The second-order valence-electron chi connectivity index (χ2n) is 6.69. The van der Waals surface area contributed by atoms with Crippen molar-refractivity contribution in [3.8, 4) is 5.75 Å². The van der Waals surface area contributed by atoms with Gasteiger partial charge in [0.25, 0.3) is 5.91 Å². The van der Waals surface area contributed by atoms with Gasteiger partial charge in [-0.3, -0.25) is 4.79 Å². The number of methoxy groups -OCH3 is 1. The molecule has 3 aromatic rings. The van der Waals surface area contributed by atoms with Crippen LogP contribution in [-0.2, 0) is 13.1 Å². The number of anilines is 1. The third kappa shape index (κ3) is 5.54. The fourth-order valence-electron chi connectivity index (χ4n) is 3.00. The molecule has 0 spiro atoms. The van der Waals surface area contributed by atoms with Crippen molar-refractivity contribution in [3.63, 3.8) is 0 Å². The number of amides is 1. The van der Waals surface area contributed by atoms with Crippen molar-refractivity contribution < 1.29 is 9.53 Å². The van der Waals surface area contributed by atoms with Crippen LogP contribution in [0.15, 0.2) is 60.7 Å². The van der Waals surface area contributed by atoms with Gasteiger partial charge in [-0.15, -0.1) is 0 Å². The zero-order valence-corrected chi connectivity index (χ0v) is 17.1. The standard InChI is InChI=1S/C23H26N4O2/c1-4-27(16-19-8-6-5-7-9-19)23(28)21-14-22(26-17(2)25-21)24-15-18-10-12-20(29-3)13-11-18/h5-14H,4,15-16H2,1-3H3,(H,24,25,26). The van der Waals surface area contributed by atoms with Gasteiger partial charge in [0.1, 0.15) is 23.1 Å². The lowest BCUT2D eigenvalue weighted by atomic mass is 10.2. The molecule has 1 heterocycles. The number of nitrogens with one attached hydrogen (secondary N) is 1. The van der Waals surface area contributed by atoms with Gasteiger partial charge in [-0.2, -0.15) is 0 Å². The van der Waals surface area contributed by atoms with E-state index in [1.807, 2.05) is 61.5 Å². The fourth-order valence-corrected chi connectivity index (χ4v) is 3.00. The molecule has 29 heavy (non-hydrogen) atoms. The van der Waals surface area contributed by atoms with Crippen LogP contribution in [0.3, 0.4) is 0 Å². The highest BCUT2D eigenvalue weighted by Gasteiger charge is 2.17. The van der Waals surface area contributed by atoms with E-state index in [0.717, 1.165) is 16.9 Å². The monoisotopic (exact) mass is 390 g/mol. The summed E-state index contributed by atoms with van der Waals surface area (Å²) in [6.07, 6.45) is 0. The van der Waals surface area contributed by atoms with E-state index < -0.39 is 0 Å². The Hall–Kier alpha value is -3.41. The van der Waals surface area contributed by atoms with Crippen molar-refractivity contribution in [3.05, 3.63) is 83.3 Å². The third-order valence-corrected chi connectivity index (χ3v) is 4.57. The van der Waals surface area contributed by atoms with Crippen LogP contribution in [0, 0.1) is 6.92 Å². The van der Waals surface area contributed by atoms with E-state index in [9.17, 15) is 4.79 Å². The molecule has 3 rings (SSSR count). The second kappa shape index (κ2) is 9.68. The van der Waals surface area contributed by atoms with Crippen molar-refractivity contribution in [2.24, 2.45) is 0 Å². The molecule has 0 aliphatic heterocycles. The van der Waals surface area contributed by atoms with Crippen LogP contribution in [0.5, 0.6) is 5.75 Å². The second-order valence-corrected chi connectivity index (χ2v) is 6.69. The van der Waals surface area contributed by atoms with Crippen molar-refractivity contribution >= 4 is 11.7 Å². The number of aryl methyl sites for hydroxylation is 1. The Kier molecular flexibility index (Phi) is 6.79. The van der Waals surface area contributed by atoms with E-state index in [4.69, 9.17) is 4.74 Å². The zero-order valence-electron chi connectivity index (χ0n) is 17.1. The highest BCUT2D eigenvalue weighted by Crippen LogP contribution is 2.15. The maximum absolute atomic E-state index is 13.0. The molecule has 150 valence electrons. The van der Waals surface area contributed by atoms with E-state index in [2.05, 4.69) is 15.3 Å². The SMILES string of the molecule is CCN(Cc1ccccc1)C(=O)c1cc(NCc2ccc(OC)cc2)nc(C)n1. The lowest BCUT2D eigenvalue weighted by Crippen LogP contribution is -2.31. The van der Waals surface area contributed by atoms with Gasteiger partial charge in [0.2, 0.25) is 0 Å². The summed E-state index contributed by atoms with van der Waals surface area (Å²) in [5.74, 6) is 1.91. The van der Waals surface area contributed by atoms with Gasteiger partial charge >= 0.3 is 0 Å². The van der Waals surface area contributed by atoms with Gasteiger partial charge in [0.05, 0.1) is 7.11 Å². The molecule has 6 nitrogen and oxygen atoms in total. The predicted octanol–water partition coefficient (Wildman–Crippen LogP) is 4.07. The third-order valence-electron chi connectivity index (χ3n) is 4.57. The number of rotatable bonds is 8. The Bertz CT molecular complexity index is 943. The number of carbonyl (C=O) groups is 1. The summed E-state index contributed by atoms with van der Waals surface area (Å²) in [5.41, 5.74) is 2.58. The Morgan fingerprint density at radius 2 is 1.76 bits per heavy atom. The number of ether oxygens (including phenoxy) is 1. The molecule has 1 amide bonds. The first-order chi connectivity index (χ1) is 14.1. The van der Waals surface area contributed by atoms with Crippen LogP contribution in [-0.4, -0.2) is 34.4 Å². The summed E-state index contributed by atoms with van der Waals surface area (Å²) in [5, 5.41) is 3.28. The molecule has 0 fully saturated rings. The highest BCUT2D eigenvalue weighted by atomic mass is 16.5. The molecule has 0 unspecified atom stereocenters. The molecule has 0 saturated heterocycles. The molecule has 0 aliphatic rings. The van der Waals surface area contributed by atoms with Crippen LogP contribution < -0.4 is 10.1 Å². The zero-order chi connectivity index (χ0) is 20.6. The van der Waals surface area contributed by atoms with Crippen molar-refractivity contribution in [2.75, 3.05) is 19.0 Å². The number of carbonyl (C=O) groups excluding carboxylic acids is 1. The van der Waals surface area contributed by atoms with Gasteiger partial charge in [-0.1, -0.05) is 42.5 Å². The topological polar surface area (TPSA) is 67.4 Å². The van der Waals surface area contributed by atoms with Crippen LogP contribution in [0.1, 0.15) is 34.4 Å². The van der Waals surface area contributed by atoms with Gasteiger partial charge in [0.15, 0.2) is 0 Å². The molecule has 0 saturated carbocycles. The molecule has 1 aromatic heterocycles. The molecule has 6 heteroatoms. The number of nitrogens with zero attached hydrogens (tertiary/aromatic N) is 3. The summed E-state index contributed by atoms with van der Waals surface area (Å²) in [7, 11) is 1.65. The first kappa shape index (κ1) is 20.3. The minimum Gasteiger partial charge on any atom is -0.497 e. The number of aromatic nitrogens is 2. The molecule has 0 radical (unpaired) electrons. The van der Waals surface area contributed by atoms with Crippen LogP contribution >= 0.6 is 0 Å². The maximum Gasteiger partial charge on any atom is 0.272 e. The van der Waals surface area contributed by atoms with Crippen LogP contribution in [0.2, 0.25) is 0 Å². The normalized spacial score (nSPS) is 10.4. The summed E-state index contributed by atoms with van der Waals surface area (Å²) in [4.78, 5) is 23.6. The van der Waals surface area contributed by atoms with Crippen LogP contribution in [0.25, 0.3) is 0 Å². The first-order valence-electron chi connectivity index (χ1n) is 9.64. The van der Waals surface area contributed by atoms with E-state index in [-0.39, 0.29) is 5.91 Å². The summed E-state index contributed by atoms with van der Waals surface area (Å²) in [6, 6.07) is 19.5. The Labute approximate surface area is 171 Å². The summed E-state index contributed by atoms with van der Waals surface area (Å²) < 4.78 is 5.18. The summed E-state index contributed by atoms with van der Waals surface area (Å²) in [6.45, 7) is 5.51. The molecule has 0 atom stereocenters. The Morgan fingerprint density at radius 1 is 1.03 bits per heavy atom. The van der Waals surface area contributed by atoms with Gasteiger partial charge in [0, 0.05) is 25.7 Å². The largest absolute Gasteiger partial charge is 0.497 e. The number of benzene rings is 2. The summed E-state index contributed by atoms with van der Waals surface area (Å²) >= 11 is 0. The molecule has 0 bridgehead atoms. The minimum atomic E-state index is -0.102. The Balaban J connectivity index is 1.71. The van der Waals surface area contributed by atoms with Gasteiger partial charge in [-0.25, -0.2) is 9.97 Å². The average molecular weight is 390 g/mol. The lowest BCUT2D eigenvalue weighted by molar-refractivity contribution is 0.0746. The van der Waals surface area contributed by atoms with E-state index >= 15 is 0 Å². The molecular formula is C23H26N4O2. The minimum absolute atomic E-state index is 0.102. The quantitative estimate of drug-likeness (QED) is 0.628. The van der Waals surface area contributed by atoms with Crippen molar-refractivity contribution in [1.29, 1.82) is 0 Å². The maximum atomic E-state index is 13.0. The van der Waals surface area contributed by atoms with Crippen LogP contribution in [0.4, 0.5) is 5.82 Å². The molecule has 0 aliphatic carbocycles. The van der Waals surface area contributed by atoms with Gasteiger partial charge in [-0.05, 0) is 37.1 Å².